The van der Waals surface area contributed by atoms with E-state index in [4.69, 9.17) is 9.47 Å². The van der Waals surface area contributed by atoms with Crippen molar-refractivity contribution in [3.8, 4) is 11.5 Å². The second-order valence-electron chi connectivity index (χ2n) is 5.69. The van der Waals surface area contributed by atoms with Crippen molar-refractivity contribution < 1.29 is 19.2 Å². The average molecular weight is 374 g/mol. The Hall–Kier alpha value is -2.06. The molecule has 2 N–H and O–H groups in total. The number of hydrogen-bond donors (Lipinski definition) is 2. The minimum absolute atomic E-state index is 0. The Morgan fingerprint density at radius 3 is 2.60 bits per heavy atom. The number of nitro groups is 1. The van der Waals surface area contributed by atoms with Gasteiger partial charge in [-0.15, -0.1) is 12.4 Å². The van der Waals surface area contributed by atoms with Crippen LogP contribution in [-0.2, 0) is 11.2 Å². The number of methoxy groups -OCH3 is 2. The van der Waals surface area contributed by atoms with Crippen LogP contribution in [0, 0.1) is 10.1 Å². The number of benzene rings is 1. The predicted octanol–water partition coefficient (Wildman–Crippen LogP) is 1.83. The van der Waals surface area contributed by atoms with E-state index in [2.05, 4.69) is 10.6 Å². The zero-order chi connectivity index (χ0) is 17.5. The van der Waals surface area contributed by atoms with E-state index in [9.17, 15) is 14.9 Å². The third kappa shape index (κ3) is 5.75. The minimum atomic E-state index is -0.457. The van der Waals surface area contributed by atoms with Gasteiger partial charge in [-0.05, 0) is 31.9 Å². The van der Waals surface area contributed by atoms with Crippen molar-refractivity contribution in [2.45, 2.75) is 31.7 Å². The van der Waals surface area contributed by atoms with Crippen LogP contribution in [0.3, 0.4) is 0 Å². The molecular weight excluding hydrogens is 350 g/mol. The van der Waals surface area contributed by atoms with Crippen molar-refractivity contribution >= 4 is 24.0 Å². The van der Waals surface area contributed by atoms with Gasteiger partial charge in [0, 0.05) is 24.6 Å². The summed E-state index contributed by atoms with van der Waals surface area (Å²) in [5.74, 6) is 0.696. The van der Waals surface area contributed by atoms with Crippen LogP contribution in [0.5, 0.6) is 11.5 Å². The summed E-state index contributed by atoms with van der Waals surface area (Å²) in [7, 11) is 2.91. The largest absolute Gasteiger partial charge is 0.493 e. The third-order valence-electron chi connectivity index (χ3n) is 4.09. The summed E-state index contributed by atoms with van der Waals surface area (Å²) in [6.07, 6.45) is 2.89. The first-order valence-electron chi connectivity index (χ1n) is 7.94. The molecule has 0 saturated carbocycles. The highest BCUT2D eigenvalue weighted by Crippen LogP contribution is 2.34. The molecule has 1 unspecified atom stereocenters. The van der Waals surface area contributed by atoms with Crippen LogP contribution < -0.4 is 20.1 Å². The highest BCUT2D eigenvalue weighted by molar-refractivity contribution is 5.85. The molecule has 25 heavy (non-hydrogen) atoms. The number of carbonyl (C=O) groups excluding carboxylic acids is 1. The van der Waals surface area contributed by atoms with Crippen LogP contribution in [0.4, 0.5) is 5.69 Å². The maximum atomic E-state index is 11.9. The summed E-state index contributed by atoms with van der Waals surface area (Å²) in [5, 5.41) is 17.3. The standard InChI is InChI=1S/C16H23N3O5.ClH/c1-23-14-8-11(13(19(21)22)10-15(14)24-2)5-7-18-16(20)9-12-4-3-6-17-12;/h8,10,12,17H,3-7,9H2,1-2H3,(H,18,20);1H. The molecule has 0 spiro atoms. The molecule has 0 aromatic heterocycles. The zero-order valence-electron chi connectivity index (χ0n) is 14.4. The third-order valence-corrected chi connectivity index (χ3v) is 4.09. The molecule has 1 atom stereocenters. The van der Waals surface area contributed by atoms with E-state index in [0.717, 1.165) is 19.4 Å². The lowest BCUT2D eigenvalue weighted by atomic mass is 10.1. The molecule has 1 amide bonds. The molecule has 1 aromatic rings. The molecule has 8 nitrogen and oxygen atoms in total. The van der Waals surface area contributed by atoms with Gasteiger partial charge in [0.05, 0.1) is 25.2 Å². The van der Waals surface area contributed by atoms with Crippen LogP contribution in [0.1, 0.15) is 24.8 Å². The fourth-order valence-corrected chi connectivity index (χ4v) is 2.84. The van der Waals surface area contributed by atoms with Crippen molar-refractivity contribution in [2.75, 3.05) is 27.3 Å². The van der Waals surface area contributed by atoms with Gasteiger partial charge >= 0.3 is 0 Å². The second-order valence-corrected chi connectivity index (χ2v) is 5.69. The predicted molar refractivity (Wildman–Crippen MR) is 95.8 cm³/mol. The Kier molecular flexibility index (Phi) is 8.44. The monoisotopic (exact) mass is 373 g/mol. The summed E-state index contributed by atoms with van der Waals surface area (Å²) < 4.78 is 10.3. The Morgan fingerprint density at radius 1 is 1.36 bits per heavy atom. The Bertz CT molecular complexity index is 606. The van der Waals surface area contributed by atoms with Gasteiger partial charge in [0.15, 0.2) is 11.5 Å². The maximum absolute atomic E-state index is 11.9. The topological polar surface area (TPSA) is 103 Å². The van der Waals surface area contributed by atoms with Crippen molar-refractivity contribution in [1.82, 2.24) is 10.6 Å². The van der Waals surface area contributed by atoms with Gasteiger partial charge in [-0.1, -0.05) is 0 Å². The first-order chi connectivity index (χ1) is 11.5. The SMILES string of the molecule is COc1cc(CCNC(=O)CC2CCCN2)c([N+](=O)[O-])cc1OC.Cl. The number of ether oxygens (including phenoxy) is 2. The smallest absolute Gasteiger partial charge is 0.276 e. The molecule has 1 heterocycles. The van der Waals surface area contributed by atoms with Crippen LogP contribution in [0.15, 0.2) is 12.1 Å². The van der Waals surface area contributed by atoms with Gasteiger partial charge in [-0.2, -0.15) is 0 Å². The summed E-state index contributed by atoms with van der Waals surface area (Å²) in [4.78, 5) is 22.7. The van der Waals surface area contributed by atoms with Gasteiger partial charge < -0.3 is 20.1 Å². The summed E-state index contributed by atoms with van der Waals surface area (Å²) >= 11 is 0. The van der Waals surface area contributed by atoms with Crippen molar-refractivity contribution in [1.29, 1.82) is 0 Å². The number of rotatable bonds is 8. The quantitative estimate of drug-likeness (QED) is 0.532. The van der Waals surface area contributed by atoms with Crippen molar-refractivity contribution in [3.05, 3.63) is 27.8 Å². The van der Waals surface area contributed by atoms with E-state index in [1.165, 1.54) is 20.3 Å². The van der Waals surface area contributed by atoms with Crippen LogP contribution in [-0.4, -0.2) is 44.2 Å². The number of nitrogens with one attached hydrogen (secondary N) is 2. The molecule has 0 bridgehead atoms. The molecule has 1 saturated heterocycles. The first kappa shape index (κ1) is 21.0. The molecule has 140 valence electrons. The van der Waals surface area contributed by atoms with E-state index >= 15 is 0 Å². The minimum Gasteiger partial charge on any atom is -0.493 e. The molecule has 0 radical (unpaired) electrons. The summed E-state index contributed by atoms with van der Waals surface area (Å²) in [5.41, 5.74) is 0.455. The van der Waals surface area contributed by atoms with Gasteiger partial charge in [0.25, 0.3) is 5.69 Å². The Morgan fingerprint density at radius 2 is 2.04 bits per heavy atom. The molecule has 1 aliphatic heterocycles. The molecule has 1 aliphatic rings. The van der Waals surface area contributed by atoms with Crippen molar-refractivity contribution in [2.24, 2.45) is 0 Å². The van der Waals surface area contributed by atoms with E-state index in [0.29, 0.717) is 36.4 Å². The van der Waals surface area contributed by atoms with Gasteiger partial charge in [-0.25, -0.2) is 0 Å². The van der Waals surface area contributed by atoms with Crippen LogP contribution in [0.2, 0.25) is 0 Å². The lowest BCUT2D eigenvalue weighted by Gasteiger charge is -2.12. The number of carbonyl (C=O) groups is 1. The normalized spacial score (nSPS) is 16.0. The Balaban J connectivity index is 0.00000312. The summed E-state index contributed by atoms with van der Waals surface area (Å²) in [6, 6.07) is 3.17. The molecule has 0 aliphatic carbocycles. The molecule has 1 fully saturated rings. The highest BCUT2D eigenvalue weighted by atomic mass is 35.5. The van der Waals surface area contributed by atoms with Crippen LogP contribution >= 0.6 is 12.4 Å². The first-order valence-corrected chi connectivity index (χ1v) is 7.94. The summed E-state index contributed by atoms with van der Waals surface area (Å²) in [6.45, 7) is 1.29. The van der Waals surface area contributed by atoms with E-state index in [1.807, 2.05) is 0 Å². The van der Waals surface area contributed by atoms with Crippen LogP contribution in [0.25, 0.3) is 0 Å². The number of nitrogens with zero attached hydrogens (tertiary/aromatic N) is 1. The molecule has 9 heteroatoms. The fraction of sp³-hybridized carbons (Fsp3) is 0.562. The Labute approximate surface area is 152 Å². The van der Waals surface area contributed by atoms with Gasteiger partial charge in [0.1, 0.15) is 0 Å². The van der Waals surface area contributed by atoms with E-state index < -0.39 is 4.92 Å². The average Bonchev–Trinajstić information content (AvgIpc) is 3.06. The zero-order valence-corrected chi connectivity index (χ0v) is 15.2. The van der Waals surface area contributed by atoms with Gasteiger partial charge in [-0.3, -0.25) is 14.9 Å². The number of halogens is 1. The fourth-order valence-electron chi connectivity index (χ4n) is 2.84. The maximum Gasteiger partial charge on any atom is 0.276 e. The van der Waals surface area contributed by atoms with E-state index in [-0.39, 0.29) is 30.0 Å². The van der Waals surface area contributed by atoms with Crippen molar-refractivity contribution in [3.63, 3.8) is 0 Å². The van der Waals surface area contributed by atoms with E-state index in [1.54, 1.807) is 6.07 Å². The second kappa shape index (κ2) is 10.0. The lowest BCUT2D eigenvalue weighted by molar-refractivity contribution is -0.385. The van der Waals surface area contributed by atoms with Gasteiger partial charge in [0.2, 0.25) is 5.91 Å². The number of hydrogen-bond acceptors (Lipinski definition) is 6. The molecular formula is C16H24ClN3O5. The highest BCUT2D eigenvalue weighted by Gasteiger charge is 2.20. The molecule has 2 rings (SSSR count). The lowest BCUT2D eigenvalue weighted by Crippen LogP contribution is -2.32. The number of amides is 1. The number of nitro benzene ring substituents is 1. The molecule has 1 aromatic carbocycles.